The lowest BCUT2D eigenvalue weighted by Crippen LogP contribution is -2.44. The second kappa shape index (κ2) is 14.1. The molecule has 2 atom stereocenters. The third kappa shape index (κ3) is 14.8. The van der Waals surface area contributed by atoms with E-state index in [1.54, 1.807) is 0 Å². The van der Waals surface area contributed by atoms with Crippen LogP contribution >= 0.6 is 7.82 Å². The molecule has 0 saturated carbocycles. The highest BCUT2D eigenvalue weighted by Crippen LogP contribution is 2.38. The van der Waals surface area contributed by atoms with Crippen LogP contribution in [0, 0.1) is 0 Å². The van der Waals surface area contributed by atoms with Crippen LogP contribution in [0.15, 0.2) is 0 Å². The smallest absolute Gasteiger partial charge is 0.390 e. The zero-order chi connectivity index (χ0) is 19.2. The van der Waals surface area contributed by atoms with Crippen molar-refractivity contribution >= 4 is 7.82 Å². The molecule has 0 aromatic rings. The molecule has 0 aliphatic rings. The van der Waals surface area contributed by atoms with Crippen molar-refractivity contribution in [1.82, 2.24) is 0 Å². The van der Waals surface area contributed by atoms with Gasteiger partial charge in [-0.15, -0.1) is 0 Å². The Morgan fingerprint density at radius 3 is 1.64 bits per heavy atom. The van der Waals surface area contributed by atoms with Gasteiger partial charge in [0.25, 0.3) is 0 Å². The van der Waals surface area contributed by atoms with E-state index in [0.29, 0.717) is 6.42 Å². The molecular weight excluding hydrogens is 343 g/mol. The second-order valence-electron chi connectivity index (χ2n) is 7.18. The molecule has 0 aliphatic heterocycles. The molecule has 2 unspecified atom stereocenters. The summed E-state index contributed by atoms with van der Waals surface area (Å²) in [5, 5.41) is 20.0. The molecule has 0 heterocycles. The van der Waals surface area contributed by atoms with Gasteiger partial charge in [-0.05, 0) is 13.3 Å². The number of aliphatic hydroxyl groups excluding tert-OH is 1. The van der Waals surface area contributed by atoms with Crippen molar-refractivity contribution in [3.05, 3.63) is 0 Å². The first-order chi connectivity index (χ1) is 11.7. The van der Waals surface area contributed by atoms with Crippen LogP contribution in [-0.2, 0) is 9.09 Å². The van der Waals surface area contributed by atoms with Gasteiger partial charge in [-0.1, -0.05) is 84.0 Å². The molecule has 7 heteroatoms. The second-order valence-corrected chi connectivity index (χ2v) is 8.42. The normalized spacial score (nSPS) is 15.9. The Balaban J connectivity index is 3.67. The van der Waals surface area contributed by atoms with Gasteiger partial charge >= 0.3 is 7.82 Å². The van der Waals surface area contributed by atoms with Crippen LogP contribution in [0.5, 0.6) is 0 Å². The van der Waals surface area contributed by atoms with Crippen LogP contribution < -0.4 is 0 Å². The Morgan fingerprint density at radius 1 is 0.880 bits per heavy atom. The van der Waals surface area contributed by atoms with Crippen LogP contribution in [0.1, 0.15) is 97.3 Å². The van der Waals surface area contributed by atoms with Crippen molar-refractivity contribution in [3.8, 4) is 0 Å². The molecule has 4 N–H and O–H groups in total. The van der Waals surface area contributed by atoms with E-state index < -0.39 is 26.1 Å². The van der Waals surface area contributed by atoms with Crippen molar-refractivity contribution in [2.75, 3.05) is 6.61 Å². The Hall–Kier alpha value is 0.0300. The molecule has 6 nitrogen and oxygen atoms in total. The number of phosphoric ester groups is 1. The van der Waals surface area contributed by atoms with E-state index in [0.717, 1.165) is 12.8 Å². The fourth-order valence-electron chi connectivity index (χ4n) is 2.87. The number of aliphatic hydroxyl groups is 2. The molecule has 0 radical (unpaired) electrons. The fraction of sp³-hybridized carbons (Fsp3) is 1.00. The maximum atomic E-state index is 10.8. The Kier molecular flexibility index (Phi) is 14.1. The van der Waals surface area contributed by atoms with Crippen LogP contribution in [0.25, 0.3) is 0 Å². The van der Waals surface area contributed by atoms with Gasteiger partial charge in [0, 0.05) is 0 Å². The molecule has 0 aromatic carbocycles. The van der Waals surface area contributed by atoms with E-state index in [1.807, 2.05) is 0 Å². The third-order valence-corrected chi connectivity index (χ3v) is 5.19. The maximum absolute atomic E-state index is 10.8. The van der Waals surface area contributed by atoms with E-state index in [1.165, 1.54) is 64.7 Å². The van der Waals surface area contributed by atoms with E-state index in [-0.39, 0.29) is 6.42 Å². The lowest BCUT2D eigenvalue weighted by Gasteiger charge is -2.30. The SMILES string of the molecule is CCCCCCCCCCCCCCC(O)(COP(=O)(O)O)C(C)O. The summed E-state index contributed by atoms with van der Waals surface area (Å²) in [6.07, 6.45) is 13.5. The lowest BCUT2D eigenvalue weighted by molar-refractivity contribution is -0.101. The van der Waals surface area contributed by atoms with Crippen molar-refractivity contribution in [1.29, 1.82) is 0 Å². The van der Waals surface area contributed by atoms with Gasteiger partial charge in [-0.3, -0.25) is 4.52 Å². The topological polar surface area (TPSA) is 107 Å². The van der Waals surface area contributed by atoms with Crippen LogP contribution in [0.2, 0.25) is 0 Å². The van der Waals surface area contributed by atoms with E-state index in [9.17, 15) is 14.8 Å². The first kappa shape index (κ1) is 25.0. The number of unbranched alkanes of at least 4 members (excludes halogenated alkanes) is 11. The highest BCUT2D eigenvalue weighted by molar-refractivity contribution is 7.46. The van der Waals surface area contributed by atoms with Crippen molar-refractivity contribution < 1.29 is 29.1 Å². The maximum Gasteiger partial charge on any atom is 0.469 e. The summed E-state index contributed by atoms with van der Waals surface area (Å²) in [6.45, 7) is 3.07. The quantitative estimate of drug-likeness (QED) is 0.221. The molecule has 0 spiro atoms. The monoisotopic (exact) mass is 382 g/mol. The predicted molar refractivity (Wildman–Crippen MR) is 100 cm³/mol. The van der Waals surface area contributed by atoms with Crippen LogP contribution in [-0.4, -0.2) is 38.3 Å². The molecule has 0 fully saturated rings. The molecular formula is C18H39O6P. The number of rotatable bonds is 17. The van der Waals surface area contributed by atoms with Crippen LogP contribution in [0.4, 0.5) is 0 Å². The minimum Gasteiger partial charge on any atom is -0.390 e. The van der Waals surface area contributed by atoms with Gasteiger partial charge < -0.3 is 20.0 Å². The minimum absolute atomic E-state index is 0.266. The van der Waals surface area contributed by atoms with Gasteiger partial charge in [0.05, 0.1) is 12.7 Å². The summed E-state index contributed by atoms with van der Waals surface area (Å²) in [7, 11) is -4.64. The summed E-state index contributed by atoms with van der Waals surface area (Å²) in [5.74, 6) is 0. The summed E-state index contributed by atoms with van der Waals surface area (Å²) < 4.78 is 15.1. The molecule has 0 rings (SSSR count). The highest BCUT2D eigenvalue weighted by Gasteiger charge is 2.35. The van der Waals surface area contributed by atoms with Crippen LogP contribution in [0.3, 0.4) is 0 Å². The summed E-state index contributed by atoms with van der Waals surface area (Å²) >= 11 is 0. The van der Waals surface area contributed by atoms with E-state index >= 15 is 0 Å². The first-order valence-corrected chi connectivity index (χ1v) is 11.3. The van der Waals surface area contributed by atoms with Crippen molar-refractivity contribution in [2.24, 2.45) is 0 Å². The number of hydrogen-bond acceptors (Lipinski definition) is 4. The minimum atomic E-state index is -4.64. The molecule has 0 aliphatic carbocycles. The molecule has 0 saturated heterocycles. The van der Waals surface area contributed by atoms with Gasteiger partial charge in [-0.2, -0.15) is 0 Å². The summed E-state index contributed by atoms with van der Waals surface area (Å²) in [6, 6.07) is 0. The first-order valence-electron chi connectivity index (χ1n) is 9.82. The number of hydrogen-bond donors (Lipinski definition) is 4. The third-order valence-electron chi connectivity index (χ3n) is 4.72. The average molecular weight is 382 g/mol. The largest absolute Gasteiger partial charge is 0.469 e. The van der Waals surface area contributed by atoms with Crippen molar-refractivity contribution in [2.45, 2.75) is 109 Å². The standard InChI is InChI=1S/C18H39O6P/c1-3-4-5-6-7-8-9-10-11-12-13-14-15-18(20,17(2)19)16-24-25(21,22)23/h17,19-20H,3-16H2,1-2H3,(H2,21,22,23). The molecule has 0 bridgehead atoms. The highest BCUT2D eigenvalue weighted by atomic mass is 31.2. The zero-order valence-electron chi connectivity index (χ0n) is 16.0. The van der Waals surface area contributed by atoms with Crippen molar-refractivity contribution in [3.63, 3.8) is 0 Å². The summed E-state index contributed by atoms with van der Waals surface area (Å²) in [4.78, 5) is 17.5. The molecule has 152 valence electrons. The van der Waals surface area contributed by atoms with E-state index in [4.69, 9.17) is 9.79 Å². The van der Waals surface area contributed by atoms with Gasteiger partial charge in [0.1, 0.15) is 5.60 Å². The lowest BCUT2D eigenvalue weighted by atomic mass is 9.91. The zero-order valence-corrected chi connectivity index (χ0v) is 16.9. The molecule has 0 amide bonds. The molecule has 25 heavy (non-hydrogen) atoms. The molecule has 0 aromatic heterocycles. The average Bonchev–Trinajstić information content (AvgIpc) is 2.53. The summed E-state index contributed by atoms with van der Waals surface area (Å²) in [5.41, 5.74) is -1.61. The van der Waals surface area contributed by atoms with Gasteiger partial charge in [-0.25, -0.2) is 4.57 Å². The Labute approximate surface area is 153 Å². The Morgan fingerprint density at radius 2 is 1.28 bits per heavy atom. The van der Waals surface area contributed by atoms with Gasteiger partial charge in [0.2, 0.25) is 0 Å². The predicted octanol–water partition coefficient (Wildman–Crippen LogP) is 4.30. The Bertz CT molecular complexity index is 357. The van der Waals surface area contributed by atoms with Gasteiger partial charge in [0.15, 0.2) is 0 Å². The fourth-order valence-corrected chi connectivity index (χ4v) is 3.26. The number of phosphoric acid groups is 1. The van der Waals surface area contributed by atoms with E-state index in [2.05, 4.69) is 11.4 Å².